The first kappa shape index (κ1) is 28.3. The predicted molar refractivity (Wildman–Crippen MR) is 130 cm³/mol. The van der Waals surface area contributed by atoms with Gasteiger partial charge in [0.1, 0.15) is 5.82 Å². The van der Waals surface area contributed by atoms with Crippen LogP contribution in [0.1, 0.15) is 41.5 Å². The van der Waals surface area contributed by atoms with Crippen LogP contribution in [0, 0.1) is 11.6 Å². The third-order valence-corrected chi connectivity index (χ3v) is 6.74. The van der Waals surface area contributed by atoms with E-state index in [1.807, 2.05) is 0 Å². The Kier molecular flexibility index (Phi) is 7.81. The van der Waals surface area contributed by atoms with Gasteiger partial charge in [-0.25, -0.2) is 22.4 Å². The number of rotatable bonds is 7. The minimum absolute atomic E-state index is 0.00529. The molecule has 1 saturated carbocycles. The maximum atomic E-state index is 14.7. The van der Waals surface area contributed by atoms with Crippen LogP contribution in [0.4, 0.5) is 35.5 Å². The highest BCUT2D eigenvalue weighted by Crippen LogP contribution is 2.40. The third-order valence-electron chi connectivity index (χ3n) is 6.74. The molecule has 1 aliphatic rings. The van der Waals surface area contributed by atoms with Gasteiger partial charge >= 0.3 is 12.2 Å². The Morgan fingerprint density at radius 1 is 0.974 bits per heavy atom. The summed E-state index contributed by atoms with van der Waals surface area (Å²) in [6.45, 7) is 0. The lowest BCUT2D eigenvalue weighted by Gasteiger charge is -2.37. The number of carbonyl (C=O) groups excluding carboxylic acids is 1. The van der Waals surface area contributed by atoms with Crippen LogP contribution >= 0.6 is 0 Å². The molecule has 0 bridgehead atoms. The number of alkyl halides is 5. The lowest BCUT2D eigenvalue weighted by Crippen LogP contribution is -2.54. The molecule has 39 heavy (non-hydrogen) atoms. The van der Waals surface area contributed by atoms with E-state index in [9.17, 15) is 35.5 Å². The third kappa shape index (κ3) is 6.46. The van der Waals surface area contributed by atoms with E-state index in [0.717, 1.165) is 12.1 Å². The summed E-state index contributed by atoms with van der Waals surface area (Å²) in [4.78, 5) is 13.3. The van der Waals surface area contributed by atoms with Crippen molar-refractivity contribution in [3.8, 4) is 5.75 Å². The lowest BCUT2D eigenvalue weighted by molar-refractivity contribution is -0.137. The van der Waals surface area contributed by atoms with Crippen LogP contribution in [0.2, 0.25) is 0 Å². The minimum Gasteiger partial charge on any atom is -0.494 e. The molecule has 0 saturated heterocycles. The van der Waals surface area contributed by atoms with Crippen LogP contribution in [0.5, 0.6) is 5.75 Å². The fourth-order valence-electron chi connectivity index (χ4n) is 4.87. The zero-order valence-corrected chi connectivity index (χ0v) is 20.7. The minimum atomic E-state index is -4.92. The van der Waals surface area contributed by atoms with Gasteiger partial charge in [0.25, 0.3) is 0 Å². The van der Waals surface area contributed by atoms with Crippen LogP contribution < -0.4 is 15.4 Å². The van der Waals surface area contributed by atoms with E-state index in [-0.39, 0.29) is 29.7 Å². The van der Waals surface area contributed by atoms with E-state index >= 15 is 0 Å². The van der Waals surface area contributed by atoms with Crippen LogP contribution in [-0.4, -0.2) is 25.1 Å². The van der Waals surface area contributed by atoms with Crippen molar-refractivity contribution >= 4 is 6.03 Å². The molecule has 1 aliphatic carbocycles. The van der Waals surface area contributed by atoms with E-state index in [0.29, 0.717) is 17.7 Å². The Bertz CT molecular complexity index is 1330. The summed E-state index contributed by atoms with van der Waals surface area (Å²) < 4.78 is 103. The average molecular weight is 555 g/mol. The molecule has 11 heteroatoms. The fraction of sp³-hybridized carbons (Fsp3) is 0.321. The molecular formula is C28H25F7N2O2. The number of benzene rings is 3. The van der Waals surface area contributed by atoms with Crippen molar-refractivity contribution in [2.75, 3.05) is 7.11 Å². The number of methoxy groups -OCH3 is 1. The molecule has 0 aromatic heterocycles. The van der Waals surface area contributed by atoms with Crippen LogP contribution in [0.3, 0.4) is 0 Å². The summed E-state index contributed by atoms with van der Waals surface area (Å²) in [5, 5.41) is 5.10. The van der Waals surface area contributed by atoms with Gasteiger partial charge in [0.05, 0.1) is 18.2 Å². The zero-order chi connectivity index (χ0) is 28.4. The highest BCUT2D eigenvalue weighted by atomic mass is 19.4. The zero-order valence-electron chi connectivity index (χ0n) is 20.7. The standard InChI is InChI=1S/C28H25F7N2O2/c1-39-24-14-18(7-8-23(24)30)27(15-17-5-3-2-4-6-17,19-11-20(28(33,34)35)13-21(29)12-19)37-25(38)36-22-9-10-26(31,32)16-22/h2-8,11-14,22H,9-10,15-16H2,1H3,(H2,36,37,38). The van der Waals surface area contributed by atoms with Crippen molar-refractivity contribution in [1.29, 1.82) is 0 Å². The molecule has 208 valence electrons. The maximum absolute atomic E-state index is 14.7. The molecule has 2 unspecified atom stereocenters. The second-order valence-electron chi connectivity index (χ2n) is 9.54. The van der Waals surface area contributed by atoms with E-state index in [4.69, 9.17) is 4.74 Å². The number of carbonyl (C=O) groups is 1. The van der Waals surface area contributed by atoms with Crippen LogP contribution in [0.25, 0.3) is 0 Å². The molecular weight excluding hydrogens is 529 g/mol. The summed E-state index contributed by atoms with van der Waals surface area (Å²) in [5.74, 6) is -5.23. The van der Waals surface area contributed by atoms with Gasteiger partial charge in [0.15, 0.2) is 11.6 Å². The van der Waals surface area contributed by atoms with Gasteiger partial charge in [0, 0.05) is 25.3 Å². The van der Waals surface area contributed by atoms with Gasteiger partial charge in [-0.15, -0.1) is 0 Å². The van der Waals surface area contributed by atoms with E-state index < -0.39 is 59.8 Å². The first-order valence-corrected chi connectivity index (χ1v) is 12.0. The second-order valence-corrected chi connectivity index (χ2v) is 9.54. The van der Waals surface area contributed by atoms with Crippen molar-refractivity contribution < 1.29 is 40.3 Å². The van der Waals surface area contributed by atoms with Crippen molar-refractivity contribution in [2.24, 2.45) is 0 Å². The van der Waals surface area contributed by atoms with Gasteiger partial charge < -0.3 is 15.4 Å². The average Bonchev–Trinajstić information content (AvgIpc) is 3.21. The number of hydrogen-bond acceptors (Lipinski definition) is 2. The van der Waals surface area contributed by atoms with Gasteiger partial charge in [-0.3, -0.25) is 0 Å². The number of hydrogen-bond donors (Lipinski definition) is 2. The van der Waals surface area contributed by atoms with E-state index in [2.05, 4.69) is 10.6 Å². The van der Waals surface area contributed by atoms with Crippen LogP contribution in [0.15, 0.2) is 66.7 Å². The summed E-state index contributed by atoms with van der Waals surface area (Å²) >= 11 is 0. The number of ether oxygens (including phenoxy) is 1. The van der Waals surface area contributed by atoms with Crippen molar-refractivity contribution in [3.63, 3.8) is 0 Å². The number of nitrogens with one attached hydrogen (secondary N) is 2. The van der Waals surface area contributed by atoms with Crippen molar-refractivity contribution in [3.05, 3.63) is 101 Å². The van der Waals surface area contributed by atoms with Gasteiger partial charge in [-0.2, -0.15) is 13.2 Å². The predicted octanol–water partition coefficient (Wildman–Crippen LogP) is 6.97. The normalized spacial score (nSPS) is 18.3. The molecule has 2 amide bonds. The Hall–Kier alpha value is -3.76. The molecule has 0 spiro atoms. The van der Waals surface area contributed by atoms with Gasteiger partial charge in [-0.05, 0) is 53.4 Å². The number of amides is 2. The number of halogens is 7. The quantitative estimate of drug-likeness (QED) is 0.310. The molecule has 2 N–H and O–H groups in total. The number of urea groups is 1. The largest absolute Gasteiger partial charge is 0.494 e. The van der Waals surface area contributed by atoms with Gasteiger partial charge in [0.2, 0.25) is 5.92 Å². The topological polar surface area (TPSA) is 50.4 Å². The molecule has 0 radical (unpaired) electrons. The molecule has 4 rings (SSSR count). The second kappa shape index (κ2) is 10.8. The Labute approximate surface area is 220 Å². The molecule has 0 aliphatic heterocycles. The molecule has 1 fully saturated rings. The monoisotopic (exact) mass is 554 g/mol. The SMILES string of the molecule is COc1cc(C(Cc2ccccc2)(NC(=O)NC2CCC(F)(F)C2)c2cc(F)cc(C(F)(F)F)c2)ccc1F. The van der Waals surface area contributed by atoms with Crippen molar-refractivity contribution in [1.82, 2.24) is 10.6 Å². The van der Waals surface area contributed by atoms with Gasteiger partial charge in [-0.1, -0.05) is 36.4 Å². The highest BCUT2D eigenvalue weighted by Gasteiger charge is 2.43. The molecule has 0 heterocycles. The highest BCUT2D eigenvalue weighted by molar-refractivity contribution is 5.76. The summed E-state index contributed by atoms with van der Waals surface area (Å²) in [6.07, 6.45) is -6.16. The molecule has 3 aromatic carbocycles. The Balaban J connectivity index is 1.90. The fourth-order valence-corrected chi connectivity index (χ4v) is 4.87. The van der Waals surface area contributed by atoms with Crippen molar-refractivity contribution in [2.45, 2.75) is 49.4 Å². The molecule has 2 atom stereocenters. The van der Waals surface area contributed by atoms with E-state index in [1.54, 1.807) is 30.3 Å². The van der Waals surface area contributed by atoms with Crippen LogP contribution in [-0.2, 0) is 18.1 Å². The van der Waals surface area contributed by atoms with E-state index in [1.165, 1.54) is 19.2 Å². The first-order chi connectivity index (χ1) is 18.3. The first-order valence-electron chi connectivity index (χ1n) is 12.0. The maximum Gasteiger partial charge on any atom is 0.416 e. The Morgan fingerprint density at radius 3 is 2.28 bits per heavy atom. The summed E-state index contributed by atoms with van der Waals surface area (Å²) in [6, 6.07) is 11.8. The summed E-state index contributed by atoms with van der Waals surface area (Å²) in [7, 11) is 1.19. The smallest absolute Gasteiger partial charge is 0.416 e. The summed E-state index contributed by atoms with van der Waals surface area (Å²) in [5.41, 5.74) is -2.89. The lowest BCUT2D eigenvalue weighted by atomic mass is 9.77. The molecule has 3 aromatic rings. The Morgan fingerprint density at radius 2 is 1.67 bits per heavy atom. The molecule has 4 nitrogen and oxygen atoms in total.